The van der Waals surface area contributed by atoms with Crippen molar-refractivity contribution in [3.63, 3.8) is 0 Å². The van der Waals surface area contributed by atoms with E-state index < -0.39 is 0 Å². The van der Waals surface area contributed by atoms with Crippen molar-refractivity contribution >= 4 is 11.6 Å². The Morgan fingerprint density at radius 3 is 2.77 bits per heavy atom. The van der Waals surface area contributed by atoms with Crippen LogP contribution in [0, 0.1) is 20.8 Å². The summed E-state index contributed by atoms with van der Waals surface area (Å²) >= 11 is 0. The summed E-state index contributed by atoms with van der Waals surface area (Å²) in [5.74, 6) is 0.386. The number of amides is 1. The maximum atomic E-state index is 12.3. The lowest BCUT2D eigenvalue weighted by atomic mass is 10.1. The van der Waals surface area contributed by atoms with E-state index in [0.717, 1.165) is 11.3 Å². The number of nitrogens with zero attached hydrogens (tertiary/aromatic N) is 5. The van der Waals surface area contributed by atoms with Gasteiger partial charge in [-0.3, -0.25) is 9.59 Å². The van der Waals surface area contributed by atoms with Gasteiger partial charge in [0.1, 0.15) is 12.2 Å². The minimum atomic E-state index is -0.195. The number of hydrogen-bond acceptors (Lipinski definition) is 6. The lowest BCUT2D eigenvalue weighted by molar-refractivity contribution is -0.116. The molecule has 0 unspecified atom stereocenters. The molecule has 1 aromatic carbocycles. The molecule has 0 fully saturated rings. The van der Waals surface area contributed by atoms with E-state index in [4.69, 9.17) is 0 Å². The van der Waals surface area contributed by atoms with E-state index in [1.807, 2.05) is 25.1 Å². The lowest BCUT2D eigenvalue weighted by Gasteiger charge is -2.12. The van der Waals surface area contributed by atoms with Crippen molar-refractivity contribution in [2.45, 2.75) is 33.6 Å². The van der Waals surface area contributed by atoms with E-state index in [0.29, 0.717) is 29.2 Å². The molecule has 9 nitrogen and oxygen atoms in total. The van der Waals surface area contributed by atoms with Gasteiger partial charge in [-0.2, -0.15) is 0 Å². The number of carbonyl (C=O) groups excluding carboxylic acids is 1. The fourth-order valence-electron chi connectivity index (χ4n) is 2.78. The molecule has 2 heterocycles. The Morgan fingerprint density at radius 1 is 1.27 bits per heavy atom. The average molecular weight is 353 g/mol. The topological polar surface area (TPSA) is 118 Å². The van der Waals surface area contributed by atoms with E-state index in [-0.39, 0.29) is 17.9 Å². The molecule has 2 aromatic heterocycles. The van der Waals surface area contributed by atoms with Crippen LogP contribution in [0.1, 0.15) is 29.1 Å². The van der Waals surface area contributed by atoms with Gasteiger partial charge in [0, 0.05) is 23.4 Å². The number of tetrazole rings is 1. The van der Waals surface area contributed by atoms with Gasteiger partial charge in [0.05, 0.1) is 5.69 Å². The molecule has 2 N–H and O–H groups in total. The first kappa shape index (κ1) is 17.5. The Bertz CT molecular complexity index is 993. The van der Waals surface area contributed by atoms with E-state index >= 15 is 0 Å². The van der Waals surface area contributed by atoms with Crippen molar-refractivity contribution in [1.29, 1.82) is 0 Å². The Labute approximate surface area is 149 Å². The van der Waals surface area contributed by atoms with Gasteiger partial charge in [0.25, 0.3) is 5.56 Å². The highest BCUT2D eigenvalue weighted by molar-refractivity contribution is 5.92. The van der Waals surface area contributed by atoms with Crippen LogP contribution in [0.15, 0.2) is 29.3 Å². The summed E-state index contributed by atoms with van der Waals surface area (Å²) in [5, 5.41) is 14.0. The van der Waals surface area contributed by atoms with Gasteiger partial charge < -0.3 is 10.3 Å². The van der Waals surface area contributed by atoms with Gasteiger partial charge in [-0.05, 0) is 55.3 Å². The first-order valence-electron chi connectivity index (χ1n) is 8.15. The first-order valence-corrected chi connectivity index (χ1v) is 8.15. The smallest absolute Gasteiger partial charge is 0.254 e. The molecule has 0 aliphatic rings. The molecule has 0 aliphatic heterocycles. The van der Waals surface area contributed by atoms with Crippen LogP contribution in [0.5, 0.6) is 0 Å². The SMILES string of the molecule is Cc1nc(C)c(CCC(=O)Nc2cccc(-n3cnnn3)c2C)c(=O)[nH]1. The fourth-order valence-corrected chi connectivity index (χ4v) is 2.78. The van der Waals surface area contributed by atoms with Crippen LogP contribution in [0.4, 0.5) is 5.69 Å². The Kier molecular flexibility index (Phi) is 4.87. The predicted molar refractivity (Wildman–Crippen MR) is 95.2 cm³/mol. The van der Waals surface area contributed by atoms with Gasteiger partial charge in [0.15, 0.2) is 0 Å². The molecular formula is C17H19N7O2. The zero-order valence-corrected chi connectivity index (χ0v) is 14.8. The quantitative estimate of drug-likeness (QED) is 0.712. The highest BCUT2D eigenvalue weighted by atomic mass is 16.1. The van der Waals surface area contributed by atoms with Gasteiger partial charge >= 0.3 is 0 Å². The zero-order valence-electron chi connectivity index (χ0n) is 14.8. The van der Waals surface area contributed by atoms with Gasteiger partial charge in [-0.15, -0.1) is 5.10 Å². The Hall–Kier alpha value is -3.36. The maximum Gasteiger partial charge on any atom is 0.254 e. The van der Waals surface area contributed by atoms with Crippen molar-refractivity contribution in [2.24, 2.45) is 0 Å². The molecule has 0 bridgehead atoms. The molecule has 26 heavy (non-hydrogen) atoms. The molecule has 1 amide bonds. The molecule has 0 saturated heterocycles. The number of aromatic nitrogens is 6. The molecule has 134 valence electrons. The molecular weight excluding hydrogens is 334 g/mol. The van der Waals surface area contributed by atoms with Crippen molar-refractivity contribution in [3.8, 4) is 5.69 Å². The molecule has 3 rings (SSSR count). The molecule has 9 heteroatoms. The second-order valence-corrected chi connectivity index (χ2v) is 5.97. The highest BCUT2D eigenvalue weighted by Crippen LogP contribution is 2.21. The van der Waals surface area contributed by atoms with Crippen molar-refractivity contribution in [3.05, 3.63) is 57.5 Å². The standard InChI is InChI=1S/C17H19N7O2/c1-10-14(5-4-6-15(10)24-9-18-22-23-24)21-16(25)8-7-13-11(2)19-12(3)20-17(13)26/h4-6,9H,7-8H2,1-3H3,(H,21,25)(H,19,20,26). The normalized spacial score (nSPS) is 10.7. The maximum absolute atomic E-state index is 12.3. The van der Waals surface area contributed by atoms with E-state index in [2.05, 4.69) is 30.8 Å². The van der Waals surface area contributed by atoms with Gasteiger partial charge in [-0.1, -0.05) is 6.07 Å². The number of aryl methyl sites for hydroxylation is 2. The monoisotopic (exact) mass is 353 g/mol. The molecule has 0 saturated carbocycles. The molecule has 0 atom stereocenters. The van der Waals surface area contributed by atoms with Crippen molar-refractivity contribution < 1.29 is 4.79 Å². The third kappa shape index (κ3) is 3.66. The number of hydrogen-bond donors (Lipinski definition) is 2. The predicted octanol–water partition coefficient (Wildman–Crippen LogP) is 1.24. The van der Waals surface area contributed by atoms with Crippen LogP contribution in [0.25, 0.3) is 5.69 Å². The number of H-pyrrole nitrogens is 1. The van der Waals surface area contributed by atoms with Crippen LogP contribution >= 0.6 is 0 Å². The van der Waals surface area contributed by atoms with Gasteiger partial charge in [0.2, 0.25) is 5.91 Å². The van der Waals surface area contributed by atoms with Crippen LogP contribution in [-0.2, 0) is 11.2 Å². The van der Waals surface area contributed by atoms with E-state index in [9.17, 15) is 9.59 Å². The summed E-state index contributed by atoms with van der Waals surface area (Å²) in [7, 11) is 0. The van der Waals surface area contributed by atoms with Crippen LogP contribution in [-0.4, -0.2) is 36.1 Å². The van der Waals surface area contributed by atoms with E-state index in [1.165, 1.54) is 11.0 Å². The van der Waals surface area contributed by atoms with Crippen LogP contribution in [0.2, 0.25) is 0 Å². The van der Waals surface area contributed by atoms with Crippen LogP contribution < -0.4 is 10.9 Å². The van der Waals surface area contributed by atoms with Crippen molar-refractivity contribution in [2.75, 3.05) is 5.32 Å². The number of rotatable bonds is 5. The molecule has 3 aromatic rings. The minimum absolute atomic E-state index is 0.179. The summed E-state index contributed by atoms with van der Waals surface area (Å²) in [6.07, 6.45) is 2.00. The number of aromatic amines is 1. The first-order chi connectivity index (χ1) is 12.5. The molecule has 0 radical (unpaired) electrons. The summed E-state index contributed by atoms with van der Waals surface area (Å²) in [6, 6.07) is 5.49. The van der Waals surface area contributed by atoms with Gasteiger partial charge in [-0.25, -0.2) is 9.67 Å². The largest absolute Gasteiger partial charge is 0.326 e. The van der Waals surface area contributed by atoms with Crippen LogP contribution in [0.3, 0.4) is 0 Å². The average Bonchev–Trinajstić information content (AvgIpc) is 3.10. The molecule has 0 spiro atoms. The number of benzene rings is 1. The van der Waals surface area contributed by atoms with E-state index in [1.54, 1.807) is 13.8 Å². The summed E-state index contributed by atoms with van der Waals surface area (Å²) in [5.41, 5.74) is 3.29. The number of carbonyl (C=O) groups is 1. The summed E-state index contributed by atoms with van der Waals surface area (Å²) in [6.45, 7) is 5.38. The zero-order chi connectivity index (χ0) is 18.7. The second-order valence-electron chi connectivity index (χ2n) is 5.97. The summed E-state index contributed by atoms with van der Waals surface area (Å²) in [4.78, 5) is 31.3. The summed E-state index contributed by atoms with van der Waals surface area (Å²) < 4.78 is 1.53. The Balaban J connectivity index is 1.72. The second kappa shape index (κ2) is 7.26. The number of anilines is 1. The Morgan fingerprint density at radius 2 is 2.08 bits per heavy atom. The third-order valence-corrected chi connectivity index (χ3v) is 4.12. The lowest BCUT2D eigenvalue weighted by Crippen LogP contribution is -2.20. The number of nitrogens with one attached hydrogen (secondary N) is 2. The van der Waals surface area contributed by atoms with Crippen molar-refractivity contribution in [1.82, 2.24) is 30.2 Å². The molecule has 0 aliphatic carbocycles. The third-order valence-electron chi connectivity index (χ3n) is 4.12. The minimum Gasteiger partial charge on any atom is -0.326 e. The highest BCUT2D eigenvalue weighted by Gasteiger charge is 2.12. The fraction of sp³-hybridized carbons (Fsp3) is 0.294.